The highest BCUT2D eigenvalue weighted by Crippen LogP contribution is 2.20. The molecule has 0 bridgehead atoms. The zero-order chi connectivity index (χ0) is 28.5. The predicted octanol–water partition coefficient (Wildman–Crippen LogP) is 6.98. The Morgan fingerprint density at radius 2 is 1.12 bits per heavy atom. The molecule has 1 atom stereocenters. The third-order valence-electron chi connectivity index (χ3n) is 3.39. The Balaban J connectivity index is -0.000000121. The van der Waals surface area contributed by atoms with Crippen LogP contribution in [0.15, 0.2) is 0 Å². The van der Waals surface area contributed by atoms with Gasteiger partial charge in [0, 0.05) is 0 Å². The van der Waals surface area contributed by atoms with Gasteiger partial charge in [-0.25, -0.2) is 0 Å². The van der Waals surface area contributed by atoms with Crippen LogP contribution in [0.3, 0.4) is 0 Å². The standard InChI is InChI=1S/C11H23NO2.C7H15NO2.C4H10.2C3H8/c1-6-11(4,5)7-14-10(13)9(12)8(2)3;1-7(2,3)5-10-6(9)4-8;1-4(2)3;2*1-3-2/h8-9H,6-7,12H2,1-5H3;4-5,8H2,1-3H3;4H,1-3H3;2*3H2,1-2H3. The van der Waals surface area contributed by atoms with Gasteiger partial charge in [0.15, 0.2) is 0 Å². The van der Waals surface area contributed by atoms with Gasteiger partial charge in [-0.1, -0.05) is 117 Å². The highest BCUT2D eigenvalue weighted by molar-refractivity contribution is 5.75. The smallest absolute Gasteiger partial charge is 0.323 e. The molecule has 1 unspecified atom stereocenters. The van der Waals surface area contributed by atoms with Crippen molar-refractivity contribution >= 4 is 11.9 Å². The number of rotatable bonds is 7. The number of carbonyl (C=O) groups excluding carboxylic acids is 2. The number of hydrogen-bond acceptors (Lipinski definition) is 6. The van der Waals surface area contributed by atoms with Gasteiger partial charge in [-0.15, -0.1) is 0 Å². The van der Waals surface area contributed by atoms with Crippen LogP contribution in [0.2, 0.25) is 0 Å². The van der Waals surface area contributed by atoms with E-state index in [0.29, 0.717) is 13.2 Å². The molecule has 6 nitrogen and oxygen atoms in total. The third-order valence-corrected chi connectivity index (χ3v) is 3.39. The van der Waals surface area contributed by atoms with E-state index in [1.165, 1.54) is 12.8 Å². The largest absolute Gasteiger partial charge is 0.464 e. The van der Waals surface area contributed by atoms with E-state index in [0.717, 1.165) is 12.3 Å². The average Bonchev–Trinajstić information content (AvgIpc) is 2.70. The molecule has 34 heavy (non-hydrogen) atoms. The van der Waals surface area contributed by atoms with E-state index in [1.54, 1.807) is 0 Å². The molecule has 6 heteroatoms. The summed E-state index contributed by atoms with van der Waals surface area (Å²) < 4.78 is 9.95. The Hall–Kier alpha value is -1.14. The Labute approximate surface area is 214 Å². The lowest BCUT2D eigenvalue weighted by Crippen LogP contribution is -2.38. The van der Waals surface area contributed by atoms with E-state index in [4.69, 9.17) is 20.9 Å². The summed E-state index contributed by atoms with van der Waals surface area (Å²) in [6, 6.07) is -0.498. The molecular weight excluding hydrogens is 428 g/mol. The minimum absolute atomic E-state index is 0.0317. The quantitative estimate of drug-likeness (QED) is 0.371. The van der Waals surface area contributed by atoms with E-state index in [-0.39, 0.29) is 35.2 Å². The Morgan fingerprint density at radius 1 is 0.765 bits per heavy atom. The fraction of sp³-hybridized carbons (Fsp3) is 0.929. The molecule has 0 aromatic heterocycles. The summed E-state index contributed by atoms with van der Waals surface area (Å²) in [5, 5.41) is 0. The number of esters is 2. The number of hydrogen-bond donors (Lipinski definition) is 2. The molecule has 0 rings (SSSR count). The van der Waals surface area contributed by atoms with Crippen LogP contribution in [0.5, 0.6) is 0 Å². The minimum atomic E-state index is -0.498. The maximum Gasteiger partial charge on any atom is 0.323 e. The van der Waals surface area contributed by atoms with Gasteiger partial charge in [-0.05, 0) is 29.1 Å². The van der Waals surface area contributed by atoms with Crippen molar-refractivity contribution < 1.29 is 19.1 Å². The van der Waals surface area contributed by atoms with Crippen LogP contribution in [0.4, 0.5) is 0 Å². The number of nitrogens with two attached hydrogens (primary N) is 2. The lowest BCUT2D eigenvalue weighted by atomic mass is 9.92. The first-order valence-electron chi connectivity index (χ1n) is 13.1. The SMILES string of the molecule is CC(C)(C)COC(=O)CN.CC(C)C.CCC.CCC.CCC(C)(C)COC(=O)C(N)C(C)C. The van der Waals surface area contributed by atoms with Crippen molar-refractivity contribution in [3.63, 3.8) is 0 Å². The molecule has 0 aromatic carbocycles. The van der Waals surface area contributed by atoms with Gasteiger partial charge < -0.3 is 20.9 Å². The molecule has 0 fully saturated rings. The van der Waals surface area contributed by atoms with Crippen LogP contribution >= 0.6 is 0 Å². The zero-order valence-electron chi connectivity index (χ0n) is 25.8. The minimum Gasteiger partial charge on any atom is -0.464 e. The highest BCUT2D eigenvalue weighted by Gasteiger charge is 2.22. The Morgan fingerprint density at radius 3 is 1.35 bits per heavy atom. The van der Waals surface area contributed by atoms with Gasteiger partial charge in [0.25, 0.3) is 0 Å². The first-order chi connectivity index (χ1) is 15.3. The second kappa shape index (κ2) is 26.5. The molecule has 0 spiro atoms. The first-order valence-corrected chi connectivity index (χ1v) is 13.1. The Bertz CT molecular complexity index is 437. The molecule has 0 amide bonds. The van der Waals surface area contributed by atoms with Crippen LogP contribution in [0.1, 0.15) is 123 Å². The molecule has 0 aliphatic rings. The highest BCUT2D eigenvalue weighted by atomic mass is 16.5. The lowest BCUT2D eigenvalue weighted by Gasteiger charge is -2.23. The van der Waals surface area contributed by atoms with Crippen LogP contribution in [0, 0.1) is 22.7 Å². The van der Waals surface area contributed by atoms with Crippen LogP contribution in [0.25, 0.3) is 0 Å². The van der Waals surface area contributed by atoms with E-state index >= 15 is 0 Å². The number of carbonyl (C=O) groups is 2. The maximum absolute atomic E-state index is 11.4. The van der Waals surface area contributed by atoms with E-state index in [1.807, 2.05) is 34.6 Å². The summed E-state index contributed by atoms with van der Waals surface area (Å²) in [6.45, 7) is 31.9. The zero-order valence-corrected chi connectivity index (χ0v) is 25.8. The van der Waals surface area contributed by atoms with E-state index in [2.05, 4.69) is 69.2 Å². The fourth-order valence-corrected chi connectivity index (χ4v) is 1.09. The molecule has 0 saturated heterocycles. The van der Waals surface area contributed by atoms with Crippen molar-refractivity contribution in [3.8, 4) is 0 Å². The third kappa shape index (κ3) is 48.3. The van der Waals surface area contributed by atoms with Crippen molar-refractivity contribution in [2.45, 2.75) is 129 Å². The normalized spacial score (nSPS) is 11.3. The average molecular weight is 493 g/mol. The molecule has 0 heterocycles. The van der Waals surface area contributed by atoms with Crippen molar-refractivity contribution in [2.75, 3.05) is 19.8 Å². The van der Waals surface area contributed by atoms with Crippen molar-refractivity contribution in [3.05, 3.63) is 0 Å². The fourth-order valence-electron chi connectivity index (χ4n) is 1.09. The van der Waals surface area contributed by atoms with Gasteiger partial charge in [-0.3, -0.25) is 9.59 Å². The molecular formula is C28H64N2O4. The topological polar surface area (TPSA) is 105 Å². The van der Waals surface area contributed by atoms with E-state index < -0.39 is 6.04 Å². The maximum atomic E-state index is 11.4. The summed E-state index contributed by atoms with van der Waals surface area (Å²) >= 11 is 0. The van der Waals surface area contributed by atoms with Crippen molar-refractivity contribution in [2.24, 2.45) is 34.1 Å². The summed E-state index contributed by atoms with van der Waals surface area (Å²) in [6.07, 6.45) is 3.48. The predicted molar refractivity (Wildman–Crippen MR) is 150 cm³/mol. The molecule has 210 valence electrons. The second-order valence-corrected chi connectivity index (χ2v) is 11.5. The second-order valence-electron chi connectivity index (χ2n) is 11.5. The first kappa shape index (κ1) is 43.0. The monoisotopic (exact) mass is 492 g/mol. The van der Waals surface area contributed by atoms with Gasteiger partial charge in [0.1, 0.15) is 6.04 Å². The summed E-state index contributed by atoms with van der Waals surface area (Å²) in [7, 11) is 0. The van der Waals surface area contributed by atoms with Gasteiger partial charge in [-0.2, -0.15) is 0 Å². The van der Waals surface area contributed by atoms with E-state index in [9.17, 15) is 9.59 Å². The molecule has 0 aromatic rings. The van der Waals surface area contributed by atoms with Crippen LogP contribution in [-0.2, 0) is 19.1 Å². The lowest BCUT2D eigenvalue weighted by molar-refractivity contribution is -0.149. The molecule has 0 aliphatic heterocycles. The molecule has 0 saturated carbocycles. The molecule has 0 radical (unpaired) electrons. The van der Waals surface area contributed by atoms with Crippen molar-refractivity contribution in [1.29, 1.82) is 0 Å². The summed E-state index contributed by atoms with van der Waals surface area (Å²) in [5.41, 5.74) is 10.8. The molecule has 0 aliphatic carbocycles. The van der Waals surface area contributed by atoms with Crippen LogP contribution in [-0.4, -0.2) is 37.7 Å². The number of ether oxygens (including phenoxy) is 2. The van der Waals surface area contributed by atoms with Crippen LogP contribution < -0.4 is 11.5 Å². The van der Waals surface area contributed by atoms with Crippen molar-refractivity contribution in [1.82, 2.24) is 0 Å². The summed E-state index contributed by atoms with van der Waals surface area (Å²) in [5.74, 6) is 0.337. The van der Waals surface area contributed by atoms with Gasteiger partial charge in [0.05, 0.1) is 19.8 Å². The van der Waals surface area contributed by atoms with Gasteiger partial charge >= 0.3 is 11.9 Å². The summed E-state index contributed by atoms with van der Waals surface area (Å²) in [4.78, 5) is 21.9. The molecule has 4 N–H and O–H groups in total. The Kier molecular flexibility index (Phi) is 33.4. The van der Waals surface area contributed by atoms with Gasteiger partial charge in [0.2, 0.25) is 0 Å².